The number of nitrogens with zero attached hydrogens (tertiary/aromatic N) is 1. The second kappa shape index (κ2) is 7.93. The van der Waals surface area contributed by atoms with Crippen LogP contribution >= 0.6 is 15.9 Å². The molecule has 1 aromatic carbocycles. The average Bonchev–Trinajstić information content (AvgIpc) is 2.48. The van der Waals surface area contributed by atoms with Gasteiger partial charge in [-0.1, -0.05) is 22.0 Å². The average molecular weight is 348 g/mol. The Labute approximate surface area is 134 Å². The van der Waals surface area contributed by atoms with Crippen LogP contribution in [0.1, 0.15) is 24.8 Å². The van der Waals surface area contributed by atoms with E-state index in [1.54, 1.807) is 0 Å². The topological polar surface area (TPSA) is 33.0 Å². The number of hydrogen-bond donors (Lipinski definition) is 1. The third-order valence-electron chi connectivity index (χ3n) is 3.31. The minimum Gasteiger partial charge on any atom is -0.326 e. The summed E-state index contributed by atoms with van der Waals surface area (Å²) in [7, 11) is 0. The van der Waals surface area contributed by atoms with Gasteiger partial charge in [-0.15, -0.1) is 0 Å². The molecule has 1 amide bonds. The van der Waals surface area contributed by atoms with Crippen LogP contribution in [0.4, 0.5) is 5.69 Å². The van der Waals surface area contributed by atoms with Crippen LogP contribution in [0.15, 0.2) is 53.3 Å². The lowest BCUT2D eigenvalue weighted by molar-refractivity contribution is -0.697. The second-order valence-electron chi connectivity index (χ2n) is 5.08. The highest BCUT2D eigenvalue weighted by atomic mass is 79.9. The molecule has 1 heterocycles. The van der Waals surface area contributed by atoms with Gasteiger partial charge in [0.05, 0.1) is 0 Å². The molecule has 21 heavy (non-hydrogen) atoms. The smallest absolute Gasteiger partial charge is 0.224 e. The Bertz CT molecular complexity index is 599. The SMILES string of the molecule is Cc1cc(Br)ccc1NC(=O)CCCC[n+]1ccccc1. The van der Waals surface area contributed by atoms with Crippen molar-refractivity contribution in [2.45, 2.75) is 32.7 Å². The number of nitrogens with one attached hydrogen (secondary N) is 1. The van der Waals surface area contributed by atoms with Crippen LogP contribution in [0.2, 0.25) is 0 Å². The normalized spacial score (nSPS) is 10.4. The Morgan fingerprint density at radius 3 is 2.67 bits per heavy atom. The number of aryl methyl sites for hydroxylation is 2. The molecule has 0 aliphatic heterocycles. The molecule has 1 N–H and O–H groups in total. The first kappa shape index (κ1) is 15.7. The van der Waals surface area contributed by atoms with E-state index >= 15 is 0 Å². The first-order valence-electron chi connectivity index (χ1n) is 7.15. The number of rotatable bonds is 6. The summed E-state index contributed by atoms with van der Waals surface area (Å²) in [5.41, 5.74) is 1.96. The number of halogens is 1. The van der Waals surface area contributed by atoms with Crippen LogP contribution in [0.5, 0.6) is 0 Å². The molecule has 1 aromatic heterocycles. The van der Waals surface area contributed by atoms with E-state index in [-0.39, 0.29) is 5.91 Å². The maximum atomic E-state index is 11.9. The Kier molecular flexibility index (Phi) is 5.93. The summed E-state index contributed by atoms with van der Waals surface area (Å²) >= 11 is 3.42. The van der Waals surface area contributed by atoms with Crippen molar-refractivity contribution < 1.29 is 9.36 Å². The van der Waals surface area contributed by atoms with Gasteiger partial charge in [0.2, 0.25) is 5.91 Å². The zero-order valence-electron chi connectivity index (χ0n) is 12.2. The third-order valence-corrected chi connectivity index (χ3v) is 3.80. The number of pyridine rings is 1. The Hall–Kier alpha value is -1.68. The number of carbonyl (C=O) groups excluding carboxylic acids is 1. The summed E-state index contributed by atoms with van der Waals surface area (Å²) in [6.07, 6.45) is 6.55. The summed E-state index contributed by atoms with van der Waals surface area (Å²) in [6, 6.07) is 11.9. The standard InChI is InChI=1S/C17H19BrN2O/c1-14-13-15(18)8-9-16(14)19-17(21)7-3-6-12-20-10-4-2-5-11-20/h2,4-5,8-11,13H,3,6-7,12H2,1H3/p+1. The van der Waals surface area contributed by atoms with Gasteiger partial charge < -0.3 is 5.32 Å². The molecule has 0 saturated heterocycles. The van der Waals surface area contributed by atoms with E-state index in [9.17, 15) is 4.79 Å². The van der Waals surface area contributed by atoms with Gasteiger partial charge in [-0.3, -0.25) is 4.79 Å². The molecule has 2 aromatic rings. The van der Waals surface area contributed by atoms with E-state index in [1.165, 1.54) is 0 Å². The van der Waals surface area contributed by atoms with E-state index < -0.39 is 0 Å². The summed E-state index contributed by atoms with van der Waals surface area (Å²) in [4.78, 5) is 11.9. The van der Waals surface area contributed by atoms with Crippen LogP contribution < -0.4 is 9.88 Å². The number of benzene rings is 1. The molecule has 0 aliphatic rings. The molecule has 0 bridgehead atoms. The van der Waals surface area contributed by atoms with Gasteiger partial charge in [0.25, 0.3) is 0 Å². The number of unbranched alkanes of at least 4 members (excludes halogenated alkanes) is 1. The summed E-state index contributed by atoms with van der Waals surface area (Å²) in [5.74, 6) is 0.0819. The Balaban J connectivity index is 1.72. The van der Waals surface area contributed by atoms with Gasteiger partial charge >= 0.3 is 0 Å². The van der Waals surface area contributed by atoms with E-state index in [0.29, 0.717) is 6.42 Å². The van der Waals surface area contributed by atoms with E-state index in [4.69, 9.17) is 0 Å². The summed E-state index contributed by atoms with van der Waals surface area (Å²) < 4.78 is 3.16. The van der Waals surface area contributed by atoms with Crippen LogP contribution in [-0.2, 0) is 11.3 Å². The first-order chi connectivity index (χ1) is 10.1. The molecule has 0 fully saturated rings. The minimum atomic E-state index is 0.0819. The van der Waals surface area contributed by atoms with Gasteiger partial charge in [-0.25, -0.2) is 4.57 Å². The molecule has 2 rings (SSSR count). The first-order valence-corrected chi connectivity index (χ1v) is 7.94. The molecule has 0 unspecified atom stereocenters. The van der Waals surface area contributed by atoms with Crippen molar-refractivity contribution in [2.24, 2.45) is 0 Å². The second-order valence-corrected chi connectivity index (χ2v) is 5.99. The highest BCUT2D eigenvalue weighted by Gasteiger charge is 2.06. The number of hydrogen-bond acceptors (Lipinski definition) is 1. The molecule has 0 saturated carbocycles. The molecule has 4 heteroatoms. The van der Waals surface area contributed by atoms with E-state index in [1.807, 2.05) is 55.7 Å². The lowest BCUT2D eigenvalue weighted by atomic mass is 10.2. The quantitative estimate of drug-likeness (QED) is 0.624. The Morgan fingerprint density at radius 2 is 1.95 bits per heavy atom. The van der Waals surface area contributed by atoms with Crippen molar-refractivity contribution >= 4 is 27.5 Å². The summed E-state index contributed by atoms with van der Waals surface area (Å²) in [5, 5.41) is 2.97. The molecule has 3 nitrogen and oxygen atoms in total. The fourth-order valence-electron chi connectivity index (χ4n) is 2.14. The monoisotopic (exact) mass is 347 g/mol. The van der Waals surface area contributed by atoms with E-state index in [0.717, 1.165) is 35.1 Å². The van der Waals surface area contributed by atoms with Crippen LogP contribution in [0, 0.1) is 6.92 Å². The molecule has 0 radical (unpaired) electrons. The van der Waals surface area contributed by atoms with Crippen molar-refractivity contribution in [2.75, 3.05) is 5.32 Å². The molecule has 0 atom stereocenters. The van der Waals surface area contributed by atoms with Gasteiger partial charge in [-0.05, 0) is 37.1 Å². The molecule has 0 aliphatic carbocycles. The molecular weight excluding hydrogens is 328 g/mol. The van der Waals surface area contributed by atoms with Crippen molar-refractivity contribution in [3.05, 3.63) is 58.8 Å². The number of carbonyl (C=O) groups is 1. The molecule has 0 spiro atoms. The lowest BCUT2D eigenvalue weighted by Crippen LogP contribution is -2.32. The van der Waals surface area contributed by atoms with Crippen molar-refractivity contribution in [3.63, 3.8) is 0 Å². The largest absolute Gasteiger partial charge is 0.326 e. The minimum absolute atomic E-state index is 0.0819. The summed E-state index contributed by atoms with van der Waals surface area (Å²) in [6.45, 7) is 2.94. The van der Waals surface area contributed by atoms with Crippen LogP contribution in [-0.4, -0.2) is 5.91 Å². The molecular formula is C17H20BrN2O+. The zero-order valence-corrected chi connectivity index (χ0v) is 13.8. The predicted molar refractivity (Wildman–Crippen MR) is 88.0 cm³/mol. The highest BCUT2D eigenvalue weighted by Crippen LogP contribution is 2.20. The zero-order chi connectivity index (χ0) is 15.1. The molecule has 110 valence electrons. The van der Waals surface area contributed by atoms with Crippen LogP contribution in [0.3, 0.4) is 0 Å². The number of amides is 1. The van der Waals surface area contributed by atoms with Crippen molar-refractivity contribution in [3.8, 4) is 0 Å². The van der Waals surface area contributed by atoms with Crippen LogP contribution in [0.25, 0.3) is 0 Å². The predicted octanol–water partition coefficient (Wildman–Crippen LogP) is 3.85. The lowest BCUT2D eigenvalue weighted by Gasteiger charge is -2.08. The van der Waals surface area contributed by atoms with Gasteiger partial charge in [0, 0.05) is 35.1 Å². The number of aromatic nitrogens is 1. The third kappa shape index (κ3) is 5.31. The highest BCUT2D eigenvalue weighted by molar-refractivity contribution is 9.10. The van der Waals surface area contributed by atoms with Crippen molar-refractivity contribution in [1.29, 1.82) is 0 Å². The maximum absolute atomic E-state index is 11.9. The fraction of sp³-hybridized carbons (Fsp3) is 0.294. The number of anilines is 1. The van der Waals surface area contributed by atoms with Gasteiger partial charge in [0.15, 0.2) is 12.4 Å². The van der Waals surface area contributed by atoms with Gasteiger partial charge in [0.1, 0.15) is 6.54 Å². The van der Waals surface area contributed by atoms with E-state index in [2.05, 4.69) is 25.8 Å². The Morgan fingerprint density at radius 1 is 1.19 bits per heavy atom. The fourth-order valence-corrected chi connectivity index (χ4v) is 2.62. The maximum Gasteiger partial charge on any atom is 0.224 e. The van der Waals surface area contributed by atoms with Gasteiger partial charge in [-0.2, -0.15) is 0 Å². The van der Waals surface area contributed by atoms with Crippen molar-refractivity contribution in [1.82, 2.24) is 0 Å².